The third kappa shape index (κ3) is 3.27. The predicted octanol–water partition coefficient (Wildman–Crippen LogP) is 2.42. The van der Waals surface area contributed by atoms with Gasteiger partial charge in [-0.25, -0.2) is 5.84 Å². The molecule has 0 aliphatic rings. The number of aromatic amines is 1. The van der Waals surface area contributed by atoms with Crippen LogP contribution in [0.1, 0.15) is 19.8 Å². The summed E-state index contributed by atoms with van der Waals surface area (Å²) >= 11 is 1.75. The SMILES string of the molecule is CC(CCC(=O)NN)Sc1cc2ccccc2[nH]1. The molecular formula is C13H17N3OS. The second kappa shape index (κ2) is 5.93. The number of fused-ring (bicyclic) bond motifs is 1. The number of carbonyl (C=O) groups is 1. The highest BCUT2D eigenvalue weighted by molar-refractivity contribution is 7.99. The molecule has 2 aromatic rings. The first-order valence-electron chi connectivity index (χ1n) is 5.93. The zero-order valence-corrected chi connectivity index (χ0v) is 11.1. The molecule has 96 valence electrons. The molecular weight excluding hydrogens is 246 g/mol. The van der Waals surface area contributed by atoms with E-state index in [9.17, 15) is 4.79 Å². The van der Waals surface area contributed by atoms with Crippen LogP contribution in [0.2, 0.25) is 0 Å². The van der Waals surface area contributed by atoms with Crippen molar-refractivity contribution in [2.45, 2.75) is 30.0 Å². The Kier molecular flexibility index (Phi) is 4.28. The van der Waals surface area contributed by atoms with E-state index >= 15 is 0 Å². The number of nitrogens with two attached hydrogens (primary N) is 1. The fraction of sp³-hybridized carbons (Fsp3) is 0.308. The van der Waals surface area contributed by atoms with Crippen LogP contribution in [0.25, 0.3) is 10.9 Å². The van der Waals surface area contributed by atoms with Gasteiger partial charge in [0.1, 0.15) is 0 Å². The topological polar surface area (TPSA) is 70.9 Å². The number of rotatable bonds is 5. The summed E-state index contributed by atoms with van der Waals surface area (Å²) in [5.74, 6) is 4.94. The van der Waals surface area contributed by atoms with Crippen molar-refractivity contribution in [2.75, 3.05) is 0 Å². The van der Waals surface area contributed by atoms with Crippen LogP contribution in [0, 0.1) is 0 Å². The number of benzene rings is 1. The maximum Gasteiger partial charge on any atom is 0.233 e. The largest absolute Gasteiger partial charge is 0.350 e. The minimum atomic E-state index is -0.112. The summed E-state index contributed by atoms with van der Waals surface area (Å²) in [7, 11) is 0. The monoisotopic (exact) mass is 263 g/mol. The fourth-order valence-corrected chi connectivity index (χ4v) is 2.83. The Morgan fingerprint density at radius 2 is 2.28 bits per heavy atom. The summed E-state index contributed by atoms with van der Waals surface area (Å²) in [6.07, 6.45) is 1.27. The van der Waals surface area contributed by atoms with Crippen molar-refractivity contribution in [1.29, 1.82) is 0 Å². The smallest absolute Gasteiger partial charge is 0.233 e. The maximum atomic E-state index is 11.1. The number of hydrogen-bond acceptors (Lipinski definition) is 3. The van der Waals surface area contributed by atoms with Crippen molar-refractivity contribution in [3.8, 4) is 0 Å². The molecule has 0 saturated heterocycles. The van der Waals surface area contributed by atoms with Gasteiger partial charge in [0, 0.05) is 22.6 Å². The average molecular weight is 263 g/mol. The number of H-pyrrole nitrogens is 1. The van der Waals surface area contributed by atoms with E-state index in [1.165, 1.54) is 5.39 Å². The van der Waals surface area contributed by atoms with E-state index in [0.717, 1.165) is 17.0 Å². The highest BCUT2D eigenvalue weighted by Crippen LogP contribution is 2.28. The molecule has 1 aromatic heterocycles. The molecule has 0 spiro atoms. The summed E-state index contributed by atoms with van der Waals surface area (Å²) in [5, 5.41) is 2.72. The first-order valence-corrected chi connectivity index (χ1v) is 6.81. The lowest BCUT2D eigenvalue weighted by Crippen LogP contribution is -2.30. The summed E-state index contributed by atoms with van der Waals surface area (Å²) in [5.41, 5.74) is 3.29. The Bertz CT molecular complexity index is 505. The second-order valence-electron chi connectivity index (χ2n) is 4.26. The molecule has 1 atom stereocenters. The number of nitrogens with one attached hydrogen (secondary N) is 2. The van der Waals surface area contributed by atoms with E-state index in [-0.39, 0.29) is 5.91 Å². The fourth-order valence-electron chi connectivity index (χ4n) is 1.79. The molecule has 0 saturated carbocycles. The first kappa shape index (κ1) is 13.0. The van der Waals surface area contributed by atoms with E-state index in [4.69, 9.17) is 5.84 Å². The van der Waals surface area contributed by atoms with Gasteiger partial charge in [0.15, 0.2) is 0 Å². The number of hydrazine groups is 1. The Balaban J connectivity index is 1.94. The number of aromatic nitrogens is 1. The zero-order chi connectivity index (χ0) is 13.0. The van der Waals surface area contributed by atoms with Crippen LogP contribution in [0.4, 0.5) is 0 Å². The first-order chi connectivity index (χ1) is 8.69. The molecule has 4 nitrogen and oxygen atoms in total. The summed E-state index contributed by atoms with van der Waals surface area (Å²) in [6.45, 7) is 2.11. The van der Waals surface area contributed by atoms with Gasteiger partial charge in [-0.2, -0.15) is 0 Å². The van der Waals surface area contributed by atoms with Crippen molar-refractivity contribution in [1.82, 2.24) is 10.4 Å². The molecule has 4 N–H and O–H groups in total. The lowest BCUT2D eigenvalue weighted by Gasteiger charge is -2.08. The summed E-state index contributed by atoms with van der Waals surface area (Å²) in [4.78, 5) is 14.4. The highest BCUT2D eigenvalue weighted by atomic mass is 32.2. The molecule has 1 aromatic carbocycles. The van der Waals surface area contributed by atoms with Gasteiger partial charge in [-0.1, -0.05) is 25.1 Å². The maximum absolute atomic E-state index is 11.1. The Labute approximate surface area is 110 Å². The van der Waals surface area contributed by atoms with E-state index < -0.39 is 0 Å². The highest BCUT2D eigenvalue weighted by Gasteiger charge is 2.09. The van der Waals surface area contributed by atoms with Gasteiger partial charge < -0.3 is 4.98 Å². The van der Waals surface area contributed by atoms with Gasteiger partial charge in [0.25, 0.3) is 0 Å². The lowest BCUT2D eigenvalue weighted by molar-refractivity contribution is -0.121. The minimum Gasteiger partial charge on any atom is -0.350 e. The Hall–Kier alpha value is -1.46. The van der Waals surface area contributed by atoms with Crippen LogP contribution in [-0.2, 0) is 4.79 Å². The van der Waals surface area contributed by atoms with Crippen LogP contribution in [0.5, 0.6) is 0 Å². The van der Waals surface area contributed by atoms with Gasteiger partial charge >= 0.3 is 0 Å². The van der Waals surface area contributed by atoms with Crippen LogP contribution in [0.15, 0.2) is 35.4 Å². The number of hydrogen-bond donors (Lipinski definition) is 3. The van der Waals surface area contributed by atoms with Gasteiger partial charge in [-0.05, 0) is 18.6 Å². The molecule has 1 heterocycles. The number of carbonyl (C=O) groups excluding carboxylic acids is 1. The van der Waals surface area contributed by atoms with Gasteiger partial charge in [-0.15, -0.1) is 11.8 Å². The van der Waals surface area contributed by atoms with Gasteiger partial charge in [0.05, 0.1) is 5.03 Å². The predicted molar refractivity (Wildman–Crippen MR) is 75.2 cm³/mol. The summed E-state index contributed by atoms with van der Waals surface area (Å²) < 4.78 is 0. The molecule has 0 aliphatic heterocycles. The molecule has 0 bridgehead atoms. The van der Waals surface area contributed by atoms with Crippen molar-refractivity contribution in [2.24, 2.45) is 5.84 Å². The van der Waals surface area contributed by atoms with E-state index in [0.29, 0.717) is 11.7 Å². The Morgan fingerprint density at radius 1 is 1.50 bits per heavy atom. The van der Waals surface area contributed by atoms with Gasteiger partial charge in [-0.3, -0.25) is 10.2 Å². The molecule has 1 unspecified atom stereocenters. The van der Waals surface area contributed by atoms with Crippen LogP contribution < -0.4 is 11.3 Å². The van der Waals surface area contributed by atoms with E-state index in [1.807, 2.05) is 12.1 Å². The van der Waals surface area contributed by atoms with Crippen molar-refractivity contribution >= 4 is 28.6 Å². The van der Waals surface area contributed by atoms with Crippen LogP contribution in [0.3, 0.4) is 0 Å². The molecule has 1 amide bonds. The molecule has 0 radical (unpaired) electrons. The lowest BCUT2D eigenvalue weighted by atomic mass is 10.2. The van der Waals surface area contributed by atoms with Crippen LogP contribution >= 0.6 is 11.8 Å². The average Bonchev–Trinajstić information content (AvgIpc) is 2.77. The second-order valence-corrected chi connectivity index (χ2v) is 5.74. The number of thioether (sulfide) groups is 1. The molecule has 2 rings (SSSR count). The Morgan fingerprint density at radius 3 is 3.00 bits per heavy atom. The van der Waals surface area contributed by atoms with E-state index in [2.05, 4.69) is 35.5 Å². The molecule has 0 aliphatic carbocycles. The third-order valence-corrected chi connectivity index (χ3v) is 3.88. The van der Waals surface area contributed by atoms with Gasteiger partial charge in [0.2, 0.25) is 5.91 Å². The standard InChI is InChI=1S/C13H17N3OS/c1-9(6-7-12(17)16-14)18-13-8-10-4-2-3-5-11(10)15-13/h2-5,8-9,15H,6-7,14H2,1H3,(H,16,17). The minimum absolute atomic E-state index is 0.112. The van der Waals surface area contributed by atoms with E-state index in [1.54, 1.807) is 11.8 Å². The third-order valence-electron chi connectivity index (χ3n) is 2.77. The quantitative estimate of drug-likeness (QED) is 0.336. The van der Waals surface area contributed by atoms with Crippen molar-refractivity contribution in [3.63, 3.8) is 0 Å². The summed E-state index contributed by atoms with van der Waals surface area (Å²) in [6, 6.07) is 10.3. The normalized spacial score (nSPS) is 12.6. The van der Waals surface area contributed by atoms with Crippen molar-refractivity contribution in [3.05, 3.63) is 30.3 Å². The molecule has 5 heteroatoms. The molecule has 18 heavy (non-hydrogen) atoms. The number of para-hydroxylation sites is 1. The van der Waals surface area contributed by atoms with Crippen molar-refractivity contribution < 1.29 is 4.79 Å². The zero-order valence-electron chi connectivity index (χ0n) is 10.3. The molecule has 0 fully saturated rings. The van der Waals surface area contributed by atoms with Crippen LogP contribution in [-0.4, -0.2) is 16.1 Å². The number of amides is 1.